The summed E-state index contributed by atoms with van der Waals surface area (Å²) in [5.74, 6) is 0.191. The summed E-state index contributed by atoms with van der Waals surface area (Å²) in [6.45, 7) is 5.68. The molecular formula is C20H22N2O3S. The molecule has 2 heterocycles. The molecule has 0 saturated heterocycles. The van der Waals surface area contributed by atoms with E-state index in [2.05, 4.69) is 10.6 Å². The van der Waals surface area contributed by atoms with Gasteiger partial charge in [-0.1, -0.05) is 38.1 Å². The number of benzene rings is 1. The van der Waals surface area contributed by atoms with E-state index in [1.165, 1.54) is 11.3 Å². The molecule has 0 aliphatic heterocycles. The Hall–Kier alpha value is -2.60. The van der Waals surface area contributed by atoms with Crippen LogP contribution in [-0.4, -0.2) is 17.9 Å². The standard InChI is InChI=1S/C20H22N2O3S/c1-12(2)18(22-19(23)17-9-6-10-26-17)20(24)21-13(3)16-11-14-7-4-5-8-15(14)25-16/h4-13,18H,1-3H3,(H,21,24)(H,22,23)/t13-,18-/m1/s1. The largest absolute Gasteiger partial charge is 0.459 e. The third-order valence-electron chi connectivity index (χ3n) is 4.21. The Morgan fingerprint density at radius 3 is 2.46 bits per heavy atom. The maximum atomic E-state index is 12.7. The molecule has 5 nitrogen and oxygen atoms in total. The highest BCUT2D eigenvalue weighted by atomic mass is 32.1. The fourth-order valence-corrected chi connectivity index (χ4v) is 3.37. The van der Waals surface area contributed by atoms with Crippen LogP contribution in [0.5, 0.6) is 0 Å². The lowest BCUT2D eigenvalue weighted by atomic mass is 10.0. The highest BCUT2D eigenvalue weighted by Gasteiger charge is 2.27. The second-order valence-corrected chi connectivity index (χ2v) is 7.54. The Morgan fingerprint density at radius 2 is 1.81 bits per heavy atom. The fourth-order valence-electron chi connectivity index (χ4n) is 2.75. The van der Waals surface area contributed by atoms with Gasteiger partial charge < -0.3 is 15.1 Å². The van der Waals surface area contributed by atoms with Crippen LogP contribution in [0.1, 0.15) is 42.2 Å². The second kappa shape index (κ2) is 7.74. The lowest BCUT2D eigenvalue weighted by molar-refractivity contribution is -0.124. The fraction of sp³-hybridized carbons (Fsp3) is 0.300. The number of carbonyl (C=O) groups excluding carboxylic acids is 2. The van der Waals surface area contributed by atoms with Gasteiger partial charge in [0.05, 0.1) is 10.9 Å². The molecule has 0 bridgehead atoms. The molecule has 0 fully saturated rings. The van der Waals surface area contributed by atoms with E-state index in [0.29, 0.717) is 10.6 Å². The number of furan rings is 1. The van der Waals surface area contributed by atoms with Gasteiger partial charge in [-0.3, -0.25) is 9.59 Å². The molecule has 2 amide bonds. The summed E-state index contributed by atoms with van der Waals surface area (Å²) in [6, 6.07) is 12.3. The number of rotatable bonds is 6. The minimum atomic E-state index is -0.614. The smallest absolute Gasteiger partial charge is 0.262 e. The van der Waals surface area contributed by atoms with Crippen LogP contribution < -0.4 is 10.6 Å². The zero-order valence-corrected chi connectivity index (χ0v) is 15.8. The van der Waals surface area contributed by atoms with E-state index in [1.54, 1.807) is 6.07 Å². The Labute approximate surface area is 156 Å². The van der Waals surface area contributed by atoms with E-state index in [9.17, 15) is 9.59 Å². The Kier molecular flexibility index (Phi) is 5.42. The van der Waals surface area contributed by atoms with Crippen molar-refractivity contribution in [2.45, 2.75) is 32.9 Å². The van der Waals surface area contributed by atoms with E-state index in [1.807, 2.05) is 62.5 Å². The summed E-state index contributed by atoms with van der Waals surface area (Å²) in [6.07, 6.45) is 0. The second-order valence-electron chi connectivity index (χ2n) is 6.59. The molecule has 1 aromatic carbocycles. The van der Waals surface area contributed by atoms with Crippen molar-refractivity contribution in [1.82, 2.24) is 10.6 Å². The number of hydrogen-bond acceptors (Lipinski definition) is 4. The van der Waals surface area contributed by atoms with Gasteiger partial charge in [-0.25, -0.2) is 0 Å². The van der Waals surface area contributed by atoms with Crippen molar-refractivity contribution in [1.29, 1.82) is 0 Å². The van der Waals surface area contributed by atoms with Crippen LogP contribution in [-0.2, 0) is 4.79 Å². The summed E-state index contributed by atoms with van der Waals surface area (Å²) in [5, 5.41) is 8.61. The minimum Gasteiger partial charge on any atom is -0.459 e. The molecule has 2 aromatic heterocycles. The molecule has 0 radical (unpaired) electrons. The minimum absolute atomic E-state index is 0.0400. The van der Waals surface area contributed by atoms with Gasteiger partial charge in [-0.2, -0.15) is 0 Å². The van der Waals surface area contributed by atoms with E-state index >= 15 is 0 Å². The topological polar surface area (TPSA) is 71.3 Å². The molecular weight excluding hydrogens is 348 g/mol. The van der Waals surface area contributed by atoms with Gasteiger partial charge in [0.1, 0.15) is 17.4 Å². The third kappa shape index (κ3) is 3.96. The Bertz CT molecular complexity index is 866. The molecule has 0 spiro atoms. The van der Waals surface area contributed by atoms with Gasteiger partial charge in [-0.15, -0.1) is 11.3 Å². The molecule has 3 aromatic rings. The predicted octanol–water partition coefficient (Wildman–Crippen LogP) is 4.13. The normalized spacial score (nSPS) is 13.5. The van der Waals surface area contributed by atoms with Gasteiger partial charge in [-0.05, 0) is 36.4 Å². The van der Waals surface area contributed by atoms with Gasteiger partial charge in [0.2, 0.25) is 5.91 Å². The van der Waals surface area contributed by atoms with Crippen molar-refractivity contribution < 1.29 is 14.0 Å². The number of para-hydroxylation sites is 1. The van der Waals surface area contributed by atoms with Crippen LogP contribution in [0.25, 0.3) is 11.0 Å². The van der Waals surface area contributed by atoms with E-state index in [0.717, 1.165) is 11.0 Å². The van der Waals surface area contributed by atoms with Crippen molar-refractivity contribution in [3.8, 4) is 0 Å². The van der Waals surface area contributed by atoms with Crippen molar-refractivity contribution >= 4 is 34.1 Å². The van der Waals surface area contributed by atoms with Gasteiger partial charge in [0.25, 0.3) is 5.91 Å². The Morgan fingerprint density at radius 1 is 1.04 bits per heavy atom. The van der Waals surface area contributed by atoms with Crippen LogP contribution >= 0.6 is 11.3 Å². The van der Waals surface area contributed by atoms with Gasteiger partial charge in [0.15, 0.2) is 0 Å². The highest BCUT2D eigenvalue weighted by Crippen LogP contribution is 2.23. The van der Waals surface area contributed by atoms with E-state index in [4.69, 9.17) is 4.42 Å². The maximum absolute atomic E-state index is 12.7. The van der Waals surface area contributed by atoms with E-state index < -0.39 is 6.04 Å². The van der Waals surface area contributed by atoms with Gasteiger partial charge >= 0.3 is 0 Å². The number of nitrogens with one attached hydrogen (secondary N) is 2. The SMILES string of the molecule is CC(C)[C@@H](NC(=O)c1cccs1)C(=O)N[C@H](C)c1cc2ccccc2o1. The summed E-state index contributed by atoms with van der Waals surface area (Å²) < 4.78 is 5.81. The summed E-state index contributed by atoms with van der Waals surface area (Å²) in [7, 11) is 0. The number of carbonyl (C=O) groups is 2. The summed E-state index contributed by atoms with van der Waals surface area (Å²) in [4.78, 5) is 25.6. The number of thiophene rings is 1. The van der Waals surface area contributed by atoms with Crippen LogP contribution in [0.2, 0.25) is 0 Å². The summed E-state index contributed by atoms with van der Waals surface area (Å²) >= 11 is 1.35. The van der Waals surface area contributed by atoms with Crippen LogP contribution in [0.4, 0.5) is 0 Å². The number of fused-ring (bicyclic) bond motifs is 1. The molecule has 136 valence electrons. The zero-order valence-electron chi connectivity index (χ0n) is 15.0. The molecule has 2 N–H and O–H groups in total. The lowest BCUT2D eigenvalue weighted by Gasteiger charge is -2.23. The first kappa shape index (κ1) is 18.2. The van der Waals surface area contributed by atoms with Crippen LogP contribution in [0, 0.1) is 5.92 Å². The first-order valence-electron chi connectivity index (χ1n) is 8.59. The van der Waals surface area contributed by atoms with Crippen LogP contribution in [0.3, 0.4) is 0 Å². The average molecular weight is 370 g/mol. The third-order valence-corrected chi connectivity index (χ3v) is 5.08. The summed E-state index contributed by atoms with van der Waals surface area (Å²) in [5.41, 5.74) is 0.787. The van der Waals surface area contributed by atoms with Gasteiger partial charge in [0, 0.05) is 5.39 Å². The monoisotopic (exact) mass is 370 g/mol. The lowest BCUT2D eigenvalue weighted by Crippen LogP contribution is -2.50. The molecule has 3 rings (SSSR count). The first-order chi connectivity index (χ1) is 12.5. The predicted molar refractivity (Wildman–Crippen MR) is 103 cm³/mol. The molecule has 6 heteroatoms. The van der Waals surface area contributed by atoms with Crippen molar-refractivity contribution in [3.05, 3.63) is 58.5 Å². The highest BCUT2D eigenvalue weighted by molar-refractivity contribution is 7.12. The van der Waals surface area contributed by atoms with Crippen molar-refractivity contribution in [2.75, 3.05) is 0 Å². The average Bonchev–Trinajstić information content (AvgIpc) is 3.28. The van der Waals surface area contributed by atoms with Crippen LogP contribution in [0.15, 0.2) is 52.3 Å². The molecule has 0 unspecified atom stereocenters. The molecule has 0 aliphatic carbocycles. The maximum Gasteiger partial charge on any atom is 0.262 e. The Balaban J connectivity index is 1.69. The molecule has 26 heavy (non-hydrogen) atoms. The quantitative estimate of drug-likeness (QED) is 0.685. The van der Waals surface area contributed by atoms with E-state index in [-0.39, 0.29) is 23.8 Å². The first-order valence-corrected chi connectivity index (χ1v) is 9.47. The number of amides is 2. The van der Waals surface area contributed by atoms with Crippen molar-refractivity contribution in [3.63, 3.8) is 0 Å². The zero-order chi connectivity index (χ0) is 18.7. The molecule has 2 atom stereocenters. The molecule has 0 saturated carbocycles. The number of hydrogen-bond donors (Lipinski definition) is 2. The molecule has 0 aliphatic rings. The van der Waals surface area contributed by atoms with Crippen molar-refractivity contribution in [2.24, 2.45) is 5.92 Å².